The smallest absolute Gasteiger partial charge is 0.274 e. The molecule has 0 atom stereocenters. The number of aromatic nitrogens is 2. The van der Waals surface area contributed by atoms with Crippen LogP contribution in [0.3, 0.4) is 0 Å². The summed E-state index contributed by atoms with van der Waals surface area (Å²) in [5.41, 5.74) is 6.97. The summed E-state index contributed by atoms with van der Waals surface area (Å²) in [4.78, 5) is 32.5. The molecular formula is C23H22N4O4. The van der Waals surface area contributed by atoms with Crippen molar-refractivity contribution in [2.45, 2.75) is 37.8 Å². The molecule has 5 rings (SSSR count). The number of nitrogens with zero attached hydrogens (tertiary/aromatic N) is 2. The van der Waals surface area contributed by atoms with Gasteiger partial charge in [0.1, 0.15) is 11.7 Å². The van der Waals surface area contributed by atoms with E-state index in [1.165, 1.54) is 6.39 Å². The molecule has 0 radical (unpaired) electrons. The molecule has 8 nitrogen and oxygen atoms in total. The molecule has 0 unspecified atom stereocenters. The number of nitrogens with two attached hydrogens (primary N) is 1. The fourth-order valence-corrected chi connectivity index (χ4v) is 4.70. The van der Waals surface area contributed by atoms with E-state index in [2.05, 4.69) is 15.3 Å². The maximum Gasteiger partial charge on any atom is 0.274 e. The van der Waals surface area contributed by atoms with Gasteiger partial charge in [-0.15, -0.1) is 0 Å². The average Bonchev–Trinajstić information content (AvgIpc) is 3.21. The van der Waals surface area contributed by atoms with Crippen LogP contribution in [0, 0.1) is 5.41 Å². The lowest BCUT2D eigenvalue weighted by Gasteiger charge is -2.57. The lowest BCUT2D eigenvalue weighted by molar-refractivity contribution is -0.0848. The van der Waals surface area contributed by atoms with Crippen molar-refractivity contribution < 1.29 is 18.7 Å². The highest BCUT2D eigenvalue weighted by Gasteiger charge is 2.54. The van der Waals surface area contributed by atoms with Crippen LogP contribution in [0.5, 0.6) is 5.88 Å². The molecular weight excluding hydrogens is 396 g/mol. The summed E-state index contributed by atoms with van der Waals surface area (Å²) in [6, 6.07) is 12.8. The molecule has 1 spiro atoms. The summed E-state index contributed by atoms with van der Waals surface area (Å²) in [5.74, 6) is -0.00573. The highest BCUT2D eigenvalue weighted by molar-refractivity contribution is 5.97. The average molecular weight is 418 g/mol. The van der Waals surface area contributed by atoms with Gasteiger partial charge in [0.05, 0.1) is 0 Å². The second-order valence-electron chi connectivity index (χ2n) is 8.34. The molecule has 31 heavy (non-hydrogen) atoms. The number of amides is 2. The Labute approximate surface area is 178 Å². The lowest BCUT2D eigenvalue weighted by atomic mass is 9.53. The maximum absolute atomic E-state index is 12.7. The zero-order valence-corrected chi connectivity index (χ0v) is 16.8. The number of ether oxygens (including phenoxy) is 1. The number of primary amides is 1. The Morgan fingerprint density at radius 2 is 1.84 bits per heavy atom. The van der Waals surface area contributed by atoms with Crippen molar-refractivity contribution in [3.63, 3.8) is 0 Å². The van der Waals surface area contributed by atoms with Crippen LogP contribution in [0.25, 0.3) is 11.3 Å². The quantitative estimate of drug-likeness (QED) is 0.635. The predicted molar refractivity (Wildman–Crippen MR) is 111 cm³/mol. The van der Waals surface area contributed by atoms with Gasteiger partial charge < -0.3 is 20.2 Å². The first-order chi connectivity index (χ1) is 15.0. The first-order valence-corrected chi connectivity index (χ1v) is 10.2. The Bertz CT molecular complexity index is 1110. The third-order valence-electron chi connectivity index (χ3n) is 6.15. The topological polar surface area (TPSA) is 120 Å². The highest BCUT2D eigenvalue weighted by atomic mass is 16.5. The Morgan fingerprint density at radius 3 is 2.58 bits per heavy atom. The molecule has 1 aromatic carbocycles. The van der Waals surface area contributed by atoms with Crippen LogP contribution in [-0.2, 0) is 0 Å². The molecule has 2 aliphatic rings. The minimum atomic E-state index is -0.550. The van der Waals surface area contributed by atoms with E-state index in [0.717, 1.165) is 31.2 Å². The number of rotatable bonds is 6. The molecule has 2 fully saturated rings. The molecule has 0 aliphatic heterocycles. The van der Waals surface area contributed by atoms with E-state index in [4.69, 9.17) is 14.9 Å². The molecule has 2 saturated carbocycles. The van der Waals surface area contributed by atoms with Crippen molar-refractivity contribution >= 4 is 11.8 Å². The summed E-state index contributed by atoms with van der Waals surface area (Å²) in [6.45, 7) is 0. The molecule has 2 aliphatic carbocycles. The van der Waals surface area contributed by atoms with E-state index in [9.17, 15) is 9.59 Å². The molecule has 3 N–H and O–H groups in total. The minimum absolute atomic E-state index is 0.00451. The number of nitrogens with one attached hydrogen (secondary N) is 1. The molecule has 2 aromatic heterocycles. The van der Waals surface area contributed by atoms with Gasteiger partial charge in [-0.05, 0) is 43.2 Å². The molecule has 2 heterocycles. The fourth-order valence-electron chi connectivity index (χ4n) is 4.70. The number of hydrogen-bond donors (Lipinski definition) is 2. The lowest BCUT2D eigenvalue weighted by Crippen LogP contribution is -2.58. The first-order valence-electron chi connectivity index (χ1n) is 10.2. The minimum Gasteiger partial charge on any atom is -0.474 e. The summed E-state index contributed by atoms with van der Waals surface area (Å²) in [5, 5.41) is 3.07. The number of carbonyl (C=O) groups is 2. The van der Waals surface area contributed by atoms with Crippen LogP contribution < -0.4 is 15.8 Å². The summed E-state index contributed by atoms with van der Waals surface area (Å²) in [7, 11) is 0. The van der Waals surface area contributed by atoms with Gasteiger partial charge in [-0.3, -0.25) is 9.59 Å². The number of benzene rings is 1. The molecule has 0 bridgehead atoms. The van der Waals surface area contributed by atoms with Gasteiger partial charge in [-0.25, -0.2) is 9.97 Å². The number of oxazole rings is 1. The number of hydrogen-bond acceptors (Lipinski definition) is 6. The van der Waals surface area contributed by atoms with Crippen molar-refractivity contribution in [2.75, 3.05) is 0 Å². The molecule has 2 amide bonds. The number of pyridine rings is 1. The van der Waals surface area contributed by atoms with Crippen LogP contribution >= 0.6 is 0 Å². The van der Waals surface area contributed by atoms with Gasteiger partial charge in [0.25, 0.3) is 11.8 Å². The summed E-state index contributed by atoms with van der Waals surface area (Å²) in [6.07, 6.45) is 6.40. The molecule has 3 aromatic rings. The zero-order valence-electron chi connectivity index (χ0n) is 16.8. The van der Waals surface area contributed by atoms with Crippen LogP contribution in [0.4, 0.5) is 0 Å². The van der Waals surface area contributed by atoms with E-state index >= 15 is 0 Å². The molecule has 0 saturated heterocycles. The van der Waals surface area contributed by atoms with Gasteiger partial charge in [0.2, 0.25) is 5.88 Å². The van der Waals surface area contributed by atoms with Crippen LogP contribution in [-0.4, -0.2) is 33.9 Å². The van der Waals surface area contributed by atoms with E-state index in [1.807, 2.05) is 30.3 Å². The normalized spacial score (nSPS) is 24.1. The second kappa shape index (κ2) is 7.54. The molecule has 8 heteroatoms. The van der Waals surface area contributed by atoms with E-state index in [0.29, 0.717) is 22.9 Å². The third-order valence-corrected chi connectivity index (χ3v) is 6.15. The van der Waals surface area contributed by atoms with Gasteiger partial charge in [0, 0.05) is 17.8 Å². The van der Waals surface area contributed by atoms with E-state index in [1.54, 1.807) is 18.3 Å². The Balaban J connectivity index is 1.14. The van der Waals surface area contributed by atoms with Gasteiger partial charge in [-0.1, -0.05) is 30.3 Å². The van der Waals surface area contributed by atoms with Crippen LogP contribution in [0.1, 0.15) is 46.5 Å². The number of carbonyl (C=O) groups excluding carboxylic acids is 2. The monoisotopic (exact) mass is 418 g/mol. The first kappa shape index (κ1) is 19.3. The van der Waals surface area contributed by atoms with E-state index in [-0.39, 0.29) is 23.5 Å². The highest BCUT2D eigenvalue weighted by Crippen LogP contribution is 2.56. The van der Waals surface area contributed by atoms with Crippen LogP contribution in [0.15, 0.2) is 59.5 Å². The third kappa shape index (κ3) is 3.65. The van der Waals surface area contributed by atoms with Crippen molar-refractivity contribution in [1.82, 2.24) is 15.3 Å². The SMILES string of the molecule is NC(=O)c1cccnc1OC1CC2(CC(NC(=O)c3ncoc3-c3ccccc3)C2)C1. The predicted octanol–water partition coefficient (Wildman–Crippen LogP) is 2.96. The maximum atomic E-state index is 12.7. The summed E-state index contributed by atoms with van der Waals surface area (Å²) < 4.78 is 11.3. The van der Waals surface area contributed by atoms with Crippen molar-refractivity contribution in [3.8, 4) is 17.2 Å². The van der Waals surface area contributed by atoms with E-state index < -0.39 is 5.91 Å². The Morgan fingerprint density at radius 1 is 1.06 bits per heavy atom. The second-order valence-corrected chi connectivity index (χ2v) is 8.34. The largest absolute Gasteiger partial charge is 0.474 e. The van der Waals surface area contributed by atoms with Crippen molar-refractivity contribution in [1.29, 1.82) is 0 Å². The van der Waals surface area contributed by atoms with Crippen LogP contribution in [0.2, 0.25) is 0 Å². The standard InChI is InChI=1S/C23H22N4O4/c24-20(28)17-7-4-8-25-22(17)31-16-11-23(12-16)9-15(10-23)27-21(29)18-19(30-13-26-18)14-5-2-1-3-6-14/h1-8,13,15-16H,9-12H2,(H2,24,28)(H,27,29). The van der Waals surface area contributed by atoms with Crippen molar-refractivity contribution in [2.24, 2.45) is 11.1 Å². The van der Waals surface area contributed by atoms with Gasteiger partial charge >= 0.3 is 0 Å². The summed E-state index contributed by atoms with van der Waals surface area (Å²) >= 11 is 0. The van der Waals surface area contributed by atoms with Crippen molar-refractivity contribution in [3.05, 3.63) is 66.3 Å². The fraction of sp³-hybridized carbons (Fsp3) is 0.304. The Kier molecular flexibility index (Phi) is 4.69. The van der Waals surface area contributed by atoms with Gasteiger partial charge in [0.15, 0.2) is 17.8 Å². The zero-order chi connectivity index (χ0) is 21.4. The molecule has 158 valence electrons. The van der Waals surface area contributed by atoms with Gasteiger partial charge in [-0.2, -0.15) is 0 Å². The Hall–Kier alpha value is -3.68.